The van der Waals surface area contributed by atoms with Gasteiger partial charge in [-0.2, -0.15) is 0 Å². The van der Waals surface area contributed by atoms with E-state index in [1.54, 1.807) is 0 Å². The van der Waals surface area contributed by atoms with Crippen LogP contribution >= 0.6 is 0 Å². The number of nitrogens with zero attached hydrogens (tertiary/aromatic N) is 1. The van der Waals surface area contributed by atoms with Crippen LogP contribution in [0.1, 0.15) is 6.42 Å². The van der Waals surface area contributed by atoms with Gasteiger partial charge in [-0.1, -0.05) is 0 Å². The number of aliphatic carboxylic acids is 2. The molecule has 0 bridgehead atoms. The lowest BCUT2D eigenvalue weighted by Crippen LogP contribution is -2.53. The number of hydrogen-bond acceptors (Lipinski definition) is 8. The van der Waals surface area contributed by atoms with Gasteiger partial charge >= 0.3 is 17.9 Å². The van der Waals surface area contributed by atoms with E-state index in [4.69, 9.17) is 15.1 Å². The predicted octanol–water partition coefficient (Wildman–Crippen LogP) is -2.54. The van der Waals surface area contributed by atoms with Gasteiger partial charge in [-0.05, 0) is 0 Å². The van der Waals surface area contributed by atoms with Crippen LogP contribution in [0.2, 0.25) is 0 Å². The van der Waals surface area contributed by atoms with Crippen LogP contribution in [-0.2, 0) is 24.0 Å². The Balaban J connectivity index is 2.86. The maximum atomic E-state index is 11.8. The fourth-order valence-corrected chi connectivity index (χ4v) is 1.83. The van der Waals surface area contributed by atoms with Gasteiger partial charge in [-0.3, -0.25) is 4.79 Å². The minimum absolute atomic E-state index is 0.123. The molecule has 0 aromatic carbocycles. The van der Waals surface area contributed by atoms with Crippen molar-refractivity contribution in [2.75, 3.05) is 26.2 Å². The standard InChI is InChI=1S/C11H16N2O8/c14-6-7(11(20,10(18)19)5-8(15)16)9(17)21-13-3-1-12-2-4-13/h6-7,12,20H,1-5H2,(H,15,16)(H,18,19). The summed E-state index contributed by atoms with van der Waals surface area (Å²) in [5, 5.41) is 31.6. The van der Waals surface area contributed by atoms with Gasteiger partial charge in [0.25, 0.3) is 0 Å². The average molecular weight is 304 g/mol. The molecule has 10 heteroatoms. The summed E-state index contributed by atoms with van der Waals surface area (Å²) in [6, 6.07) is 0. The summed E-state index contributed by atoms with van der Waals surface area (Å²) in [4.78, 5) is 49.3. The van der Waals surface area contributed by atoms with Crippen LogP contribution in [0.3, 0.4) is 0 Å². The van der Waals surface area contributed by atoms with E-state index in [0.717, 1.165) is 0 Å². The van der Waals surface area contributed by atoms with E-state index >= 15 is 0 Å². The Bertz CT molecular complexity index is 434. The van der Waals surface area contributed by atoms with E-state index < -0.39 is 35.8 Å². The van der Waals surface area contributed by atoms with E-state index in [9.17, 15) is 24.3 Å². The SMILES string of the molecule is O=CC(C(=O)ON1CCNCC1)C(O)(CC(=O)O)C(=O)O. The van der Waals surface area contributed by atoms with E-state index in [2.05, 4.69) is 5.32 Å². The van der Waals surface area contributed by atoms with E-state index in [1.807, 2.05) is 0 Å². The number of aldehydes is 1. The highest BCUT2D eigenvalue weighted by molar-refractivity contribution is 5.98. The molecule has 21 heavy (non-hydrogen) atoms. The first-order valence-corrected chi connectivity index (χ1v) is 6.11. The Morgan fingerprint density at radius 2 is 1.86 bits per heavy atom. The normalized spacial score (nSPS) is 20.0. The molecular formula is C11H16N2O8. The first kappa shape index (κ1) is 17.0. The molecule has 0 saturated carbocycles. The average Bonchev–Trinajstić information content (AvgIpc) is 2.39. The van der Waals surface area contributed by atoms with Crippen molar-refractivity contribution >= 4 is 24.2 Å². The Labute approximate surface area is 119 Å². The molecule has 1 aliphatic heterocycles. The fraction of sp³-hybridized carbons (Fsp3) is 0.636. The van der Waals surface area contributed by atoms with Crippen LogP contribution in [0.4, 0.5) is 0 Å². The fourth-order valence-electron chi connectivity index (χ4n) is 1.83. The summed E-state index contributed by atoms with van der Waals surface area (Å²) < 4.78 is 0. The van der Waals surface area contributed by atoms with Gasteiger partial charge < -0.3 is 30.3 Å². The quantitative estimate of drug-likeness (QED) is 0.292. The smallest absolute Gasteiger partial charge is 0.338 e. The minimum atomic E-state index is -3.06. The number of aliphatic hydroxyl groups is 1. The summed E-state index contributed by atoms with van der Waals surface area (Å²) in [6.07, 6.45) is -1.43. The molecule has 0 amide bonds. The molecule has 2 unspecified atom stereocenters. The number of hydrogen-bond donors (Lipinski definition) is 4. The van der Waals surface area contributed by atoms with Crippen LogP contribution in [-0.4, -0.2) is 76.4 Å². The number of carbonyl (C=O) groups is 4. The second-order valence-corrected chi connectivity index (χ2v) is 4.50. The summed E-state index contributed by atoms with van der Waals surface area (Å²) in [5.41, 5.74) is -3.06. The molecule has 0 aliphatic carbocycles. The molecule has 1 saturated heterocycles. The van der Waals surface area contributed by atoms with Crippen LogP contribution in [0.25, 0.3) is 0 Å². The Morgan fingerprint density at radius 1 is 1.29 bits per heavy atom. The predicted molar refractivity (Wildman–Crippen MR) is 64.9 cm³/mol. The molecular weight excluding hydrogens is 288 g/mol. The van der Waals surface area contributed by atoms with Gasteiger partial charge in [0.1, 0.15) is 6.29 Å². The number of carboxylic acid groups (broad SMARTS) is 2. The molecule has 4 N–H and O–H groups in total. The van der Waals surface area contributed by atoms with Gasteiger partial charge in [0.05, 0.1) is 6.42 Å². The second-order valence-electron chi connectivity index (χ2n) is 4.50. The molecule has 1 rings (SSSR count). The Kier molecular flexibility index (Phi) is 5.76. The van der Waals surface area contributed by atoms with Crippen LogP contribution in [0, 0.1) is 5.92 Å². The van der Waals surface area contributed by atoms with Gasteiger partial charge in [-0.25, -0.2) is 9.59 Å². The molecule has 0 aromatic rings. The van der Waals surface area contributed by atoms with Gasteiger partial charge in [0.15, 0.2) is 11.5 Å². The maximum absolute atomic E-state index is 11.8. The molecule has 0 spiro atoms. The molecule has 10 nitrogen and oxygen atoms in total. The molecule has 118 valence electrons. The summed E-state index contributed by atoms with van der Waals surface area (Å²) in [6.45, 7) is 1.69. The van der Waals surface area contributed by atoms with Crippen LogP contribution in [0.15, 0.2) is 0 Å². The van der Waals surface area contributed by atoms with Gasteiger partial charge in [0, 0.05) is 26.2 Å². The highest BCUT2D eigenvalue weighted by Crippen LogP contribution is 2.23. The molecule has 1 heterocycles. The zero-order valence-corrected chi connectivity index (χ0v) is 11.0. The summed E-state index contributed by atoms with van der Waals surface area (Å²) in [7, 11) is 0. The number of carboxylic acids is 2. The summed E-state index contributed by atoms with van der Waals surface area (Å²) >= 11 is 0. The topological polar surface area (TPSA) is 153 Å². The number of hydroxylamine groups is 2. The minimum Gasteiger partial charge on any atom is -0.481 e. The first-order valence-electron chi connectivity index (χ1n) is 6.11. The maximum Gasteiger partial charge on any atom is 0.338 e. The number of piperazine rings is 1. The van der Waals surface area contributed by atoms with Crippen molar-refractivity contribution < 1.29 is 39.3 Å². The van der Waals surface area contributed by atoms with Crippen molar-refractivity contribution in [2.24, 2.45) is 5.92 Å². The van der Waals surface area contributed by atoms with Gasteiger partial charge in [0.2, 0.25) is 0 Å². The number of rotatable bonds is 7. The third kappa shape index (κ3) is 4.21. The third-order valence-electron chi connectivity index (χ3n) is 2.99. The third-order valence-corrected chi connectivity index (χ3v) is 2.99. The summed E-state index contributed by atoms with van der Waals surface area (Å²) in [5.74, 6) is -7.10. The van der Waals surface area contributed by atoms with Crippen molar-refractivity contribution in [3.8, 4) is 0 Å². The van der Waals surface area contributed by atoms with E-state index in [1.165, 1.54) is 5.06 Å². The Hall–Kier alpha value is -2.04. The molecule has 1 aliphatic rings. The molecule has 0 aromatic heterocycles. The number of nitrogens with one attached hydrogen (secondary N) is 1. The van der Waals surface area contributed by atoms with E-state index in [-0.39, 0.29) is 6.29 Å². The van der Waals surface area contributed by atoms with Crippen molar-refractivity contribution in [1.29, 1.82) is 0 Å². The highest BCUT2D eigenvalue weighted by atomic mass is 16.7. The molecule has 2 atom stereocenters. The zero-order valence-electron chi connectivity index (χ0n) is 11.0. The van der Waals surface area contributed by atoms with Crippen molar-refractivity contribution in [3.63, 3.8) is 0 Å². The molecule has 1 fully saturated rings. The van der Waals surface area contributed by atoms with Crippen molar-refractivity contribution in [3.05, 3.63) is 0 Å². The largest absolute Gasteiger partial charge is 0.481 e. The van der Waals surface area contributed by atoms with E-state index in [0.29, 0.717) is 26.2 Å². The monoisotopic (exact) mass is 304 g/mol. The first-order chi connectivity index (χ1) is 9.81. The lowest BCUT2D eigenvalue weighted by atomic mass is 9.85. The lowest BCUT2D eigenvalue weighted by molar-refractivity contribution is -0.208. The van der Waals surface area contributed by atoms with Crippen molar-refractivity contribution in [2.45, 2.75) is 12.0 Å². The van der Waals surface area contributed by atoms with Crippen LogP contribution < -0.4 is 5.32 Å². The zero-order chi connectivity index (χ0) is 16.0. The van der Waals surface area contributed by atoms with Crippen molar-refractivity contribution in [1.82, 2.24) is 10.4 Å². The Morgan fingerprint density at radius 3 is 2.29 bits per heavy atom. The highest BCUT2D eigenvalue weighted by Gasteiger charge is 2.51. The molecule has 0 radical (unpaired) electrons. The lowest BCUT2D eigenvalue weighted by Gasteiger charge is -2.30. The second kappa shape index (κ2) is 7.11. The van der Waals surface area contributed by atoms with Gasteiger partial charge in [-0.15, -0.1) is 5.06 Å². The van der Waals surface area contributed by atoms with Crippen LogP contribution in [0.5, 0.6) is 0 Å². The number of carbonyl (C=O) groups excluding carboxylic acids is 2.